The summed E-state index contributed by atoms with van der Waals surface area (Å²) >= 11 is 1.38. The number of rotatable bonds is 4. The second-order valence-electron chi connectivity index (χ2n) is 3.70. The van der Waals surface area contributed by atoms with E-state index in [1.54, 1.807) is 18.5 Å². The van der Waals surface area contributed by atoms with Crippen LogP contribution in [0.4, 0.5) is 19.1 Å². The van der Waals surface area contributed by atoms with Gasteiger partial charge in [-0.1, -0.05) is 0 Å². The third-order valence-corrected chi connectivity index (χ3v) is 3.00. The number of hydrogen-bond acceptors (Lipinski definition) is 5. The van der Waals surface area contributed by atoms with E-state index in [1.165, 1.54) is 11.3 Å². The molecule has 2 aromatic rings. The van der Waals surface area contributed by atoms with Crippen LogP contribution in [0.25, 0.3) is 0 Å². The van der Waals surface area contributed by atoms with Crippen LogP contribution in [0.1, 0.15) is 23.3 Å². The molecule has 0 saturated heterocycles. The van der Waals surface area contributed by atoms with Crippen molar-refractivity contribution in [1.82, 2.24) is 15.0 Å². The Kier molecular flexibility index (Phi) is 3.98. The van der Waals surface area contributed by atoms with Crippen molar-refractivity contribution in [3.63, 3.8) is 0 Å². The maximum atomic E-state index is 12.7. The van der Waals surface area contributed by atoms with Crippen LogP contribution in [-0.2, 0) is 12.6 Å². The van der Waals surface area contributed by atoms with Crippen LogP contribution in [0.3, 0.4) is 0 Å². The third kappa shape index (κ3) is 3.63. The predicted molar refractivity (Wildman–Crippen MR) is 66.1 cm³/mol. The SMILES string of the molecule is CCNc1nc(Cc2nccs2)cc(C(F)(F)F)n1. The van der Waals surface area contributed by atoms with Gasteiger partial charge in [-0.3, -0.25) is 0 Å². The molecule has 2 heterocycles. The maximum Gasteiger partial charge on any atom is 0.433 e. The molecule has 0 spiro atoms. The van der Waals surface area contributed by atoms with Gasteiger partial charge >= 0.3 is 6.18 Å². The molecule has 0 aromatic carbocycles. The molecule has 102 valence electrons. The Bertz CT molecular complexity index is 539. The summed E-state index contributed by atoms with van der Waals surface area (Å²) in [5.41, 5.74) is -0.641. The lowest BCUT2D eigenvalue weighted by Gasteiger charge is -2.10. The minimum absolute atomic E-state index is 0.0103. The molecule has 0 unspecified atom stereocenters. The van der Waals surface area contributed by atoms with Crippen LogP contribution >= 0.6 is 11.3 Å². The second-order valence-corrected chi connectivity index (χ2v) is 4.68. The molecule has 0 fully saturated rings. The lowest BCUT2D eigenvalue weighted by molar-refractivity contribution is -0.141. The number of alkyl halides is 3. The Morgan fingerprint density at radius 1 is 1.32 bits per heavy atom. The van der Waals surface area contributed by atoms with Gasteiger partial charge in [0.2, 0.25) is 5.95 Å². The summed E-state index contributed by atoms with van der Waals surface area (Å²) < 4.78 is 38.2. The topological polar surface area (TPSA) is 50.7 Å². The Labute approximate surface area is 111 Å². The van der Waals surface area contributed by atoms with Crippen molar-refractivity contribution in [3.05, 3.63) is 34.0 Å². The first kappa shape index (κ1) is 13.7. The van der Waals surface area contributed by atoms with Crippen molar-refractivity contribution in [2.75, 3.05) is 11.9 Å². The molecule has 8 heteroatoms. The first-order valence-electron chi connectivity index (χ1n) is 5.56. The van der Waals surface area contributed by atoms with E-state index in [0.717, 1.165) is 6.07 Å². The Morgan fingerprint density at radius 3 is 2.68 bits per heavy atom. The van der Waals surface area contributed by atoms with E-state index < -0.39 is 11.9 Å². The normalized spacial score (nSPS) is 11.6. The molecule has 19 heavy (non-hydrogen) atoms. The van der Waals surface area contributed by atoms with Gasteiger partial charge in [-0.15, -0.1) is 11.3 Å². The van der Waals surface area contributed by atoms with Crippen molar-refractivity contribution in [2.45, 2.75) is 19.5 Å². The lowest BCUT2D eigenvalue weighted by atomic mass is 10.2. The Morgan fingerprint density at radius 2 is 2.11 bits per heavy atom. The first-order chi connectivity index (χ1) is 8.99. The van der Waals surface area contributed by atoms with E-state index in [1.807, 2.05) is 0 Å². The van der Waals surface area contributed by atoms with E-state index in [0.29, 0.717) is 17.2 Å². The van der Waals surface area contributed by atoms with Gasteiger partial charge in [-0.05, 0) is 13.0 Å². The summed E-state index contributed by atoms with van der Waals surface area (Å²) in [4.78, 5) is 11.6. The van der Waals surface area contributed by atoms with E-state index in [2.05, 4.69) is 20.3 Å². The molecular weight excluding hydrogens is 277 g/mol. The van der Waals surface area contributed by atoms with E-state index in [-0.39, 0.29) is 12.4 Å². The van der Waals surface area contributed by atoms with Crippen molar-refractivity contribution in [3.8, 4) is 0 Å². The van der Waals surface area contributed by atoms with Gasteiger partial charge in [0, 0.05) is 24.5 Å². The quantitative estimate of drug-likeness (QED) is 0.939. The van der Waals surface area contributed by atoms with Crippen molar-refractivity contribution in [1.29, 1.82) is 0 Å². The van der Waals surface area contributed by atoms with E-state index in [9.17, 15) is 13.2 Å². The highest BCUT2D eigenvalue weighted by Gasteiger charge is 2.33. The van der Waals surface area contributed by atoms with Crippen molar-refractivity contribution >= 4 is 17.3 Å². The van der Waals surface area contributed by atoms with Crippen LogP contribution in [-0.4, -0.2) is 21.5 Å². The number of nitrogens with zero attached hydrogens (tertiary/aromatic N) is 3. The molecule has 0 aliphatic heterocycles. The number of aromatic nitrogens is 3. The minimum Gasteiger partial charge on any atom is -0.354 e. The minimum atomic E-state index is -4.48. The summed E-state index contributed by atoms with van der Waals surface area (Å²) in [5, 5.41) is 5.19. The fourth-order valence-corrected chi connectivity index (χ4v) is 2.10. The van der Waals surface area contributed by atoms with Gasteiger partial charge < -0.3 is 5.32 Å². The number of nitrogens with one attached hydrogen (secondary N) is 1. The fourth-order valence-electron chi connectivity index (χ4n) is 1.47. The Hall–Kier alpha value is -1.70. The lowest BCUT2D eigenvalue weighted by Crippen LogP contribution is -2.13. The molecule has 1 N–H and O–H groups in total. The highest BCUT2D eigenvalue weighted by molar-refractivity contribution is 7.09. The van der Waals surface area contributed by atoms with Gasteiger partial charge in [-0.2, -0.15) is 13.2 Å². The number of hydrogen-bond donors (Lipinski definition) is 1. The molecule has 0 atom stereocenters. The predicted octanol–water partition coefficient (Wildman–Crippen LogP) is 2.97. The van der Waals surface area contributed by atoms with Crippen molar-refractivity contribution < 1.29 is 13.2 Å². The summed E-state index contributed by atoms with van der Waals surface area (Å²) in [5.74, 6) is -0.0103. The largest absolute Gasteiger partial charge is 0.433 e. The zero-order valence-corrected chi connectivity index (χ0v) is 10.8. The van der Waals surface area contributed by atoms with Crippen LogP contribution in [0.2, 0.25) is 0 Å². The molecule has 0 bridgehead atoms. The van der Waals surface area contributed by atoms with Gasteiger partial charge in [0.25, 0.3) is 0 Å². The zero-order valence-electron chi connectivity index (χ0n) is 10.0. The highest BCUT2D eigenvalue weighted by Crippen LogP contribution is 2.29. The second kappa shape index (κ2) is 5.52. The van der Waals surface area contributed by atoms with Crippen LogP contribution in [0, 0.1) is 0 Å². The maximum absolute atomic E-state index is 12.7. The van der Waals surface area contributed by atoms with Crippen LogP contribution in [0.5, 0.6) is 0 Å². The molecule has 0 amide bonds. The molecule has 4 nitrogen and oxygen atoms in total. The average molecular weight is 288 g/mol. The number of halogens is 3. The third-order valence-electron chi connectivity index (χ3n) is 2.22. The number of anilines is 1. The van der Waals surface area contributed by atoms with Gasteiger partial charge in [0.05, 0.1) is 10.7 Å². The molecule has 0 radical (unpaired) electrons. The first-order valence-corrected chi connectivity index (χ1v) is 6.44. The molecule has 0 saturated carbocycles. The standard InChI is InChI=1S/C11H11F3N4S/c1-2-15-10-17-7(6-9-16-3-4-19-9)5-8(18-10)11(12,13)14/h3-5H,2,6H2,1H3,(H,15,17,18). The summed E-state index contributed by atoms with van der Waals surface area (Å²) in [6.45, 7) is 2.22. The zero-order chi connectivity index (χ0) is 13.9. The van der Waals surface area contributed by atoms with E-state index >= 15 is 0 Å². The smallest absolute Gasteiger partial charge is 0.354 e. The summed E-state index contributed by atoms with van der Waals surface area (Å²) in [6.07, 6.45) is -2.61. The molecule has 2 aromatic heterocycles. The van der Waals surface area contributed by atoms with Crippen molar-refractivity contribution in [2.24, 2.45) is 0 Å². The fraction of sp³-hybridized carbons (Fsp3) is 0.364. The Balaban J connectivity index is 2.34. The monoisotopic (exact) mass is 288 g/mol. The van der Waals surface area contributed by atoms with Crippen LogP contribution in [0.15, 0.2) is 17.6 Å². The molecule has 0 aliphatic carbocycles. The highest BCUT2D eigenvalue weighted by atomic mass is 32.1. The molecular formula is C11H11F3N4S. The van der Waals surface area contributed by atoms with Crippen LogP contribution < -0.4 is 5.32 Å². The van der Waals surface area contributed by atoms with Gasteiger partial charge in [0.15, 0.2) is 0 Å². The summed E-state index contributed by atoms with van der Waals surface area (Å²) in [6, 6.07) is 0.961. The average Bonchev–Trinajstić information content (AvgIpc) is 2.81. The van der Waals surface area contributed by atoms with E-state index in [4.69, 9.17) is 0 Å². The number of thiazole rings is 1. The van der Waals surface area contributed by atoms with Gasteiger partial charge in [0.1, 0.15) is 5.69 Å². The molecule has 0 aliphatic rings. The van der Waals surface area contributed by atoms with Gasteiger partial charge in [-0.25, -0.2) is 15.0 Å². The molecule has 2 rings (SSSR count). The summed E-state index contributed by atoms with van der Waals surface area (Å²) in [7, 11) is 0.